The maximum atomic E-state index is 8.77. The van der Waals surface area contributed by atoms with Crippen LogP contribution in [0.3, 0.4) is 0 Å². The van der Waals surface area contributed by atoms with E-state index in [2.05, 4.69) is 132 Å². The summed E-state index contributed by atoms with van der Waals surface area (Å²) < 4.78 is 0. The van der Waals surface area contributed by atoms with Crippen LogP contribution < -0.4 is 4.90 Å². The number of anilines is 1. The highest BCUT2D eigenvalue weighted by molar-refractivity contribution is 5.66. The van der Waals surface area contributed by atoms with Crippen molar-refractivity contribution in [3.63, 3.8) is 0 Å². The molecule has 2 N–H and O–H groups in total. The first-order valence-electron chi connectivity index (χ1n) is 13.6. The van der Waals surface area contributed by atoms with Crippen LogP contribution in [0.25, 0.3) is 11.8 Å². The summed E-state index contributed by atoms with van der Waals surface area (Å²) in [5, 5.41) is 8.77. The fraction of sp³-hybridized carbons (Fsp3) is 0.278. The summed E-state index contributed by atoms with van der Waals surface area (Å²) in [5.74, 6) is 0.536. The van der Waals surface area contributed by atoms with Gasteiger partial charge >= 0.3 is 0 Å². The van der Waals surface area contributed by atoms with Gasteiger partial charge in [-0.1, -0.05) is 91.8 Å². The molecular weight excluding hydrogens is 462 g/mol. The fourth-order valence-electron chi connectivity index (χ4n) is 3.87. The first kappa shape index (κ1) is 30.4. The highest BCUT2D eigenvalue weighted by atomic mass is 16.3. The lowest BCUT2D eigenvalue weighted by molar-refractivity contribution is 0.511. The number of nitrogens with zero attached hydrogens (tertiary/aromatic N) is 1. The molecule has 3 rings (SSSR count). The monoisotopic (exact) mass is 508 g/mol. The Kier molecular flexibility index (Phi) is 12.4. The number of hydrogen-bond acceptors (Lipinski definition) is 1. The summed E-state index contributed by atoms with van der Waals surface area (Å²) >= 11 is 0. The van der Waals surface area contributed by atoms with Crippen molar-refractivity contribution in [2.24, 2.45) is 0 Å². The predicted octanol–water partition coefficient (Wildman–Crippen LogP) is 9.27. The first-order chi connectivity index (χ1) is 18.2. The van der Waals surface area contributed by atoms with Crippen LogP contribution in [0.15, 0.2) is 113 Å². The highest BCUT2D eigenvalue weighted by Crippen LogP contribution is 2.26. The Morgan fingerprint density at radius 2 is 1.61 bits per heavy atom. The second-order valence-corrected chi connectivity index (χ2v) is 9.69. The normalized spacial score (nSPS) is 14.5. The molecule has 0 atom stereocenters. The van der Waals surface area contributed by atoms with Gasteiger partial charge in [-0.15, -0.1) is 0 Å². The molecule has 0 radical (unpaired) electrons. The Bertz CT molecular complexity index is 1280. The van der Waals surface area contributed by atoms with Gasteiger partial charge in [-0.25, -0.2) is 0 Å². The lowest BCUT2D eigenvalue weighted by Crippen LogP contribution is -2.07. The van der Waals surface area contributed by atoms with Gasteiger partial charge in [-0.3, -0.25) is 0 Å². The zero-order valence-corrected chi connectivity index (χ0v) is 24.6. The molecule has 0 heterocycles. The van der Waals surface area contributed by atoms with Crippen molar-refractivity contribution in [1.82, 2.24) is 0 Å². The third kappa shape index (κ3) is 9.27. The fourth-order valence-corrected chi connectivity index (χ4v) is 3.87. The Morgan fingerprint density at radius 1 is 0.895 bits per heavy atom. The van der Waals surface area contributed by atoms with E-state index >= 15 is 0 Å². The first-order valence-corrected chi connectivity index (χ1v) is 13.6. The summed E-state index contributed by atoms with van der Waals surface area (Å²) in [5.41, 5.74) is 10.8. The summed E-state index contributed by atoms with van der Waals surface area (Å²) in [6.07, 6.45) is 21.1. The minimum absolute atomic E-state index is 0.536. The quantitative estimate of drug-likeness (QED) is 0.198. The van der Waals surface area contributed by atoms with E-state index in [1.165, 1.54) is 39.1 Å². The van der Waals surface area contributed by atoms with E-state index in [1.807, 2.05) is 26.0 Å². The van der Waals surface area contributed by atoms with Gasteiger partial charge in [0.2, 0.25) is 0 Å². The molecule has 2 heteroatoms. The third-order valence-corrected chi connectivity index (χ3v) is 6.68. The Labute approximate surface area is 231 Å². The van der Waals surface area contributed by atoms with E-state index in [0.717, 1.165) is 24.0 Å². The summed E-state index contributed by atoms with van der Waals surface area (Å²) in [6.45, 7) is 12.6. The van der Waals surface area contributed by atoms with Gasteiger partial charge < -0.3 is 10.0 Å². The van der Waals surface area contributed by atoms with E-state index < -0.39 is 0 Å². The van der Waals surface area contributed by atoms with Gasteiger partial charge in [-0.05, 0) is 92.6 Å². The molecule has 2 nitrogen and oxygen atoms in total. The van der Waals surface area contributed by atoms with Crippen LogP contribution in [0.4, 0.5) is 5.69 Å². The molecule has 0 aliphatic heterocycles. The molecule has 0 aromatic heterocycles. The van der Waals surface area contributed by atoms with E-state index in [4.69, 9.17) is 5.11 Å². The summed E-state index contributed by atoms with van der Waals surface area (Å²) in [7, 11) is 4.10. The molecule has 0 amide bonds. The van der Waals surface area contributed by atoms with Crippen molar-refractivity contribution < 1.29 is 5.11 Å². The molecular formula is C36H46NO+. The number of benzene rings is 2. The zero-order valence-electron chi connectivity index (χ0n) is 24.6. The maximum absolute atomic E-state index is 8.77. The number of rotatable bonds is 8. The van der Waals surface area contributed by atoms with Crippen molar-refractivity contribution >= 4 is 17.5 Å². The molecule has 0 spiro atoms. The van der Waals surface area contributed by atoms with Crippen LogP contribution in [0.5, 0.6) is 0 Å². The van der Waals surface area contributed by atoms with Gasteiger partial charge in [0.05, 0.1) is 5.56 Å². The minimum atomic E-state index is 0.536. The molecule has 1 aliphatic rings. The largest absolute Gasteiger partial charge is 0.593 e. The van der Waals surface area contributed by atoms with Gasteiger partial charge in [0, 0.05) is 25.9 Å². The number of hydrogen-bond donors (Lipinski definition) is 0. The predicted molar refractivity (Wildman–Crippen MR) is 171 cm³/mol. The van der Waals surface area contributed by atoms with Crippen molar-refractivity contribution in [1.29, 1.82) is 0 Å². The molecule has 0 unspecified atom stereocenters. The van der Waals surface area contributed by atoms with Crippen molar-refractivity contribution in [3.8, 4) is 0 Å². The molecule has 1 aliphatic carbocycles. The topological polar surface area (TPSA) is 26.1 Å². The molecule has 0 saturated heterocycles. The molecule has 2 aromatic carbocycles. The molecule has 200 valence electrons. The second-order valence-electron chi connectivity index (χ2n) is 9.69. The maximum Gasteiger partial charge on any atom is 0.261 e. The molecule has 2 aromatic rings. The molecule has 0 saturated carbocycles. The lowest BCUT2D eigenvalue weighted by Gasteiger charge is -2.11. The van der Waals surface area contributed by atoms with E-state index in [9.17, 15) is 0 Å². The average Bonchev–Trinajstić information content (AvgIpc) is 3.08. The van der Waals surface area contributed by atoms with Gasteiger partial charge in [0.1, 0.15) is 0 Å². The number of aryl methyl sites for hydroxylation is 2. The van der Waals surface area contributed by atoms with Gasteiger partial charge in [0.15, 0.2) is 0 Å². The van der Waals surface area contributed by atoms with Crippen LogP contribution in [0, 0.1) is 13.8 Å². The Hall–Kier alpha value is -3.78. The molecule has 0 fully saturated rings. The Morgan fingerprint density at radius 3 is 2.26 bits per heavy atom. The van der Waals surface area contributed by atoms with E-state index in [1.54, 1.807) is 0 Å². The van der Waals surface area contributed by atoms with Crippen molar-refractivity contribution in [2.45, 2.75) is 54.4 Å². The average molecular weight is 509 g/mol. The smallest absolute Gasteiger partial charge is 0.261 e. The van der Waals surface area contributed by atoms with Crippen LogP contribution in [0.1, 0.15) is 62.8 Å². The van der Waals surface area contributed by atoms with E-state index in [0.29, 0.717) is 5.76 Å². The van der Waals surface area contributed by atoms with Crippen LogP contribution in [-0.4, -0.2) is 19.2 Å². The van der Waals surface area contributed by atoms with Gasteiger partial charge in [0.25, 0.3) is 5.76 Å². The molecule has 38 heavy (non-hydrogen) atoms. The van der Waals surface area contributed by atoms with Gasteiger partial charge in [-0.2, -0.15) is 0 Å². The standard InChI is InChI=1S/C34H39NO.C2H6/c1-25-13-18-30(19-14-26(25)2)31(24-34(36)32-20-15-27(3)28(4)23-32)12-10-8-7-9-11-29-16-21-33(22-17-29)35(5)6;1-2/h7-9,11-13,15-24,36H,10,14H2,1-6H3;1-2H3/p+1/b8-7+,11-9+,31-12+,34-24-;. The highest BCUT2D eigenvalue weighted by Gasteiger charge is 2.10. The van der Waals surface area contributed by atoms with Crippen LogP contribution in [0.2, 0.25) is 0 Å². The number of allylic oxidation sites excluding steroid dienone is 12. The Balaban J connectivity index is 0.00000247. The second kappa shape index (κ2) is 15.5. The van der Waals surface area contributed by atoms with Crippen LogP contribution >= 0.6 is 0 Å². The summed E-state index contributed by atoms with van der Waals surface area (Å²) in [4.78, 5) is 2.10. The SMILES string of the molecule is CC.CC1=C(C)CC=C(C(/C=C(\[OH2+])c2ccc(C)c(C)c2)=C/C/C=C/C=C/c2ccc(N(C)C)cc2)C=C1. The third-order valence-electron chi connectivity index (χ3n) is 6.68. The minimum Gasteiger partial charge on any atom is -0.593 e. The van der Waals surface area contributed by atoms with E-state index in [-0.39, 0.29) is 0 Å². The van der Waals surface area contributed by atoms with Crippen molar-refractivity contribution in [3.05, 3.63) is 136 Å². The summed E-state index contributed by atoms with van der Waals surface area (Å²) in [6, 6.07) is 14.8. The van der Waals surface area contributed by atoms with Crippen LogP contribution in [-0.2, 0) is 0 Å². The molecule has 0 bridgehead atoms. The van der Waals surface area contributed by atoms with Crippen molar-refractivity contribution in [2.75, 3.05) is 19.0 Å². The zero-order chi connectivity index (χ0) is 28.1. The lowest BCUT2D eigenvalue weighted by atomic mass is 9.99.